The summed E-state index contributed by atoms with van der Waals surface area (Å²) in [7, 11) is 0. The van der Waals surface area contributed by atoms with Crippen molar-refractivity contribution < 1.29 is 19.1 Å². The molecule has 0 N–H and O–H groups in total. The van der Waals surface area contributed by atoms with Crippen LogP contribution in [0, 0.1) is 0 Å². The molecule has 5 nitrogen and oxygen atoms in total. The van der Waals surface area contributed by atoms with Crippen molar-refractivity contribution in [2.75, 3.05) is 0 Å². The lowest BCUT2D eigenvalue weighted by Crippen LogP contribution is -2.38. The van der Waals surface area contributed by atoms with Gasteiger partial charge in [-0.1, -0.05) is 72.8 Å². The van der Waals surface area contributed by atoms with Crippen molar-refractivity contribution in [1.29, 1.82) is 0 Å². The number of carbonyl (C=O) groups excluding carboxylic acids is 2. The molecule has 2 amide bonds. The Morgan fingerprint density at radius 2 is 1.53 bits per heavy atom. The van der Waals surface area contributed by atoms with Crippen LogP contribution in [0.5, 0.6) is 5.75 Å². The summed E-state index contributed by atoms with van der Waals surface area (Å²) in [4.78, 5) is 26.4. The van der Waals surface area contributed by atoms with E-state index in [4.69, 9.17) is 9.47 Å². The molecule has 0 spiro atoms. The Kier molecular flexibility index (Phi) is 5.80. The number of nitrogens with zero attached hydrogens (tertiary/aromatic N) is 1. The van der Waals surface area contributed by atoms with E-state index < -0.39 is 12.2 Å². The van der Waals surface area contributed by atoms with Gasteiger partial charge in [0, 0.05) is 0 Å². The standard InChI is InChI=1S/C25H23NO4/c1-18-24(21-10-6-3-7-11-21)30-25(28)26(18)23(27)16-19-12-14-22(15-13-19)29-17-20-8-4-2-5-9-20/h2-15,18,24H,16-17H2,1H3/t18-,24-/m0/s1. The van der Waals surface area contributed by atoms with Gasteiger partial charge in [-0.05, 0) is 35.7 Å². The Hall–Kier alpha value is -3.60. The Bertz CT molecular complexity index is 1000. The van der Waals surface area contributed by atoms with E-state index in [1.54, 1.807) is 0 Å². The molecule has 1 saturated heterocycles. The first-order valence-electron chi connectivity index (χ1n) is 9.95. The summed E-state index contributed by atoms with van der Waals surface area (Å²) in [5.74, 6) is 0.456. The molecule has 3 aromatic rings. The lowest BCUT2D eigenvalue weighted by Gasteiger charge is -2.19. The molecule has 0 unspecified atom stereocenters. The molecule has 3 aromatic carbocycles. The molecule has 0 aliphatic carbocycles. The topological polar surface area (TPSA) is 55.8 Å². The normalized spacial score (nSPS) is 18.2. The maximum absolute atomic E-state index is 12.8. The number of ether oxygens (including phenoxy) is 2. The zero-order valence-corrected chi connectivity index (χ0v) is 16.7. The van der Waals surface area contributed by atoms with Gasteiger partial charge in [-0.25, -0.2) is 9.69 Å². The van der Waals surface area contributed by atoms with E-state index in [-0.39, 0.29) is 18.4 Å². The maximum Gasteiger partial charge on any atom is 0.417 e. The first kappa shape index (κ1) is 19.7. The van der Waals surface area contributed by atoms with Gasteiger partial charge in [0.25, 0.3) is 0 Å². The monoisotopic (exact) mass is 401 g/mol. The highest BCUT2D eigenvalue weighted by atomic mass is 16.6. The fourth-order valence-electron chi connectivity index (χ4n) is 3.59. The summed E-state index contributed by atoms with van der Waals surface area (Å²) in [6, 6.07) is 26.4. The van der Waals surface area contributed by atoms with Crippen LogP contribution in [-0.4, -0.2) is 22.9 Å². The van der Waals surface area contributed by atoms with Crippen LogP contribution >= 0.6 is 0 Å². The number of hydrogen-bond acceptors (Lipinski definition) is 4. The lowest BCUT2D eigenvalue weighted by molar-refractivity contribution is -0.128. The highest BCUT2D eigenvalue weighted by molar-refractivity contribution is 5.94. The number of imide groups is 1. The van der Waals surface area contributed by atoms with E-state index in [0.29, 0.717) is 6.61 Å². The molecule has 1 fully saturated rings. The van der Waals surface area contributed by atoms with Crippen molar-refractivity contribution in [2.24, 2.45) is 0 Å². The minimum atomic E-state index is -0.593. The number of hydrogen-bond donors (Lipinski definition) is 0. The molecule has 2 atom stereocenters. The zero-order valence-electron chi connectivity index (χ0n) is 16.7. The largest absolute Gasteiger partial charge is 0.489 e. The van der Waals surface area contributed by atoms with Crippen LogP contribution in [0.1, 0.15) is 29.7 Å². The fraction of sp³-hybridized carbons (Fsp3) is 0.200. The second-order valence-electron chi connectivity index (χ2n) is 7.31. The van der Waals surface area contributed by atoms with E-state index >= 15 is 0 Å². The third-order valence-corrected chi connectivity index (χ3v) is 5.19. The molecule has 0 radical (unpaired) electrons. The predicted molar refractivity (Wildman–Crippen MR) is 113 cm³/mol. The Labute approximate surface area is 175 Å². The minimum Gasteiger partial charge on any atom is -0.489 e. The third-order valence-electron chi connectivity index (χ3n) is 5.19. The summed E-state index contributed by atoms with van der Waals surface area (Å²) < 4.78 is 11.2. The van der Waals surface area contributed by atoms with Gasteiger partial charge >= 0.3 is 6.09 Å². The summed E-state index contributed by atoms with van der Waals surface area (Å²) in [5.41, 5.74) is 2.79. The van der Waals surface area contributed by atoms with Crippen molar-refractivity contribution in [3.63, 3.8) is 0 Å². The van der Waals surface area contributed by atoms with Crippen LogP contribution in [0.25, 0.3) is 0 Å². The molecule has 1 heterocycles. The van der Waals surface area contributed by atoms with Gasteiger partial charge in [-0.2, -0.15) is 0 Å². The molecule has 5 heteroatoms. The van der Waals surface area contributed by atoms with Gasteiger partial charge in [-0.15, -0.1) is 0 Å². The molecular weight excluding hydrogens is 378 g/mol. The van der Waals surface area contributed by atoms with Gasteiger partial charge in [0.15, 0.2) is 0 Å². The molecule has 30 heavy (non-hydrogen) atoms. The molecular formula is C25H23NO4. The predicted octanol–water partition coefficient (Wildman–Crippen LogP) is 4.92. The third kappa shape index (κ3) is 4.35. The maximum atomic E-state index is 12.8. The van der Waals surface area contributed by atoms with Crippen LogP contribution in [0.3, 0.4) is 0 Å². The van der Waals surface area contributed by atoms with Crippen molar-refractivity contribution in [2.45, 2.75) is 32.1 Å². The smallest absolute Gasteiger partial charge is 0.417 e. The van der Waals surface area contributed by atoms with E-state index in [0.717, 1.165) is 22.4 Å². The first-order chi connectivity index (χ1) is 14.6. The molecule has 1 aliphatic rings. The zero-order chi connectivity index (χ0) is 20.9. The Balaban J connectivity index is 1.37. The second kappa shape index (κ2) is 8.82. The summed E-state index contributed by atoms with van der Waals surface area (Å²) in [6.07, 6.45) is -0.916. The molecule has 152 valence electrons. The van der Waals surface area contributed by atoms with Crippen LogP contribution < -0.4 is 4.74 Å². The van der Waals surface area contributed by atoms with Crippen molar-refractivity contribution in [1.82, 2.24) is 4.90 Å². The van der Waals surface area contributed by atoms with Crippen molar-refractivity contribution in [3.8, 4) is 5.75 Å². The first-order valence-corrected chi connectivity index (χ1v) is 9.95. The number of benzene rings is 3. The lowest BCUT2D eigenvalue weighted by atomic mass is 10.0. The van der Waals surface area contributed by atoms with Crippen molar-refractivity contribution in [3.05, 3.63) is 102 Å². The highest BCUT2D eigenvalue weighted by Gasteiger charge is 2.43. The Morgan fingerprint density at radius 3 is 2.20 bits per heavy atom. The Morgan fingerprint density at radius 1 is 0.900 bits per heavy atom. The number of rotatable bonds is 6. The fourth-order valence-corrected chi connectivity index (χ4v) is 3.59. The van der Waals surface area contributed by atoms with E-state index in [1.165, 1.54) is 4.90 Å². The van der Waals surface area contributed by atoms with Gasteiger partial charge in [0.2, 0.25) is 5.91 Å². The van der Waals surface area contributed by atoms with E-state index in [2.05, 4.69) is 0 Å². The van der Waals surface area contributed by atoms with Gasteiger partial charge in [0.1, 0.15) is 18.5 Å². The second-order valence-corrected chi connectivity index (χ2v) is 7.31. The van der Waals surface area contributed by atoms with Crippen LogP contribution in [0.15, 0.2) is 84.9 Å². The number of carbonyl (C=O) groups is 2. The SMILES string of the molecule is C[C@H]1[C@@H](c2ccccc2)OC(=O)N1C(=O)Cc1ccc(OCc2ccccc2)cc1. The van der Waals surface area contributed by atoms with Crippen LogP contribution in [-0.2, 0) is 22.6 Å². The molecule has 1 aliphatic heterocycles. The van der Waals surface area contributed by atoms with E-state index in [9.17, 15) is 9.59 Å². The molecule has 0 saturated carbocycles. The highest BCUT2D eigenvalue weighted by Crippen LogP contribution is 2.32. The number of cyclic esters (lactones) is 1. The van der Waals surface area contributed by atoms with E-state index in [1.807, 2.05) is 91.9 Å². The minimum absolute atomic E-state index is 0.125. The van der Waals surface area contributed by atoms with Crippen molar-refractivity contribution >= 4 is 12.0 Å². The summed E-state index contributed by atoms with van der Waals surface area (Å²) in [5, 5.41) is 0. The molecule has 0 aromatic heterocycles. The summed E-state index contributed by atoms with van der Waals surface area (Å²) in [6.45, 7) is 2.32. The summed E-state index contributed by atoms with van der Waals surface area (Å²) >= 11 is 0. The molecule has 4 rings (SSSR count). The van der Waals surface area contributed by atoms with Crippen LogP contribution in [0.4, 0.5) is 4.79 Å². The average molecular weight is 401 g/mol. The van der Waals surface area contributed by atoms with Gasteiger partial charge in [0.05, 0.1) is 12.5 Å². The molecule has 0 bridgehead atoms. The average Bonchev–Trinajstić information content (AvgIpc) is 3.08. The van der Waals surface area contributed by atoms with Crippen LogP contribution in [0.2, 0.25) is 0 Å². The number of amides is 2. The van der Waals surface area contributed by atoms with Gasteiger partial charge in [-0.3, -0.25) is 4.79 Å². The van der Waals surface area contributed by atoms with Gasteiger partial charge < -0.3 is 9.47 Å². The quantitative estimate of drug-likeness (QED) is 0.589.